The van der Waals surface area contributed by atoms with E-state index in [4.69, 9.17) is 9.47 Å². The van der Waals surface area contributed by atoms with Gasteiger partial charge in [-0.1, -0.05) is 0 Å². The lowest BCUT2D eigenvalue weighted by molar-refractivity contribution is -0.154. The molecule has 25 heavy (non-hydrogen) atoms. The minimum Gasteiger partial charge on any atom is -0.496 e. The maximum Gasteiger partial charge on any atom is 0.311 e. The van der Waals surface area contributed by atoms with E-state index in [-0.39, 0.29) is 22.8 Å². The average Bonchev–Trinajstić information content (AvgIpc) is 2.59. The lowest BCUT2D eigenvalue weighted by Crippen LogP contribution is -2.46. The summed E-state index contributed by atoms with van der Waals surface area (Å²) in [4.78, 5) is 24.1. The number of methoxy groups -OCH3 is 1. The van der Waals surface area contributed by atoms with Crippen molar-refractivity contribution >= 4 is 21.7 Å². The molecule has 1 aromatic carbocycles. The molecule has 0 aromatic heterocycles. The minimum atomic E-state index is -3.49. The number of carbonyl (C=O) groups is 2. The molecule has 0 unspecified atom stereocenters. The molecular weight excluding hydrogens is 350 g/mol. The first-order valence-electron chi connectivity index (χ1n) is 7.67. The van der Waals surface area contributed by atoms with Gasteiger partial charge < -0.3 is 19.9 Å². The zero-order valence-corrected chi connectivity index (χ0v) is 14.9. The van der Waals surface area contributed by atoms with Crippen LogP contribution in [0.25, 0.3) is 0 Å². The van der Waals surface area contributed by atoms with Gasteiger partial charge in [0.1, 0.15) is 5.75 Å². The van der Waals surface area contributed by atoms with Crippen molar-refractivity contribution in [2.75, 3.05) is 33.1 Å². The third kappa shape index (κ3) is 4.29. The van der Waals surface area contributed by atoms with Crippen molar-refractivity contribution in [3.05, 3.63) is 23.8 Å². The van der Waals surface area contributed by atoms with Crippen LogP contribution in [-0.2, 0) is 19.4 Å². The van der Waals surface area contributed by atoms with Gasteiger partial charge >= 0.3 is 5.97 Å². The summed E-state index contributed by atoms with van der Waals surface area (Å²) in [6, 6.07) is 3.97. The van der Waals surface area contributed by atoms with Gasteiger partial charge in [0, 0.05) is 26.0 Å². The molecule has 0 aliphatic carbocycles. The first-order valence-corrected chi connectivity index (χ1v) is 9.56. The highest BCUT2D eigenvalue weighted by Gasteiger charge is 2.40. The number of carboxylic acids is 1. The highest BCUT2D eigenvalue weighted by atomic mass is 32.2. The number of ether oxygens (including phenoxy) is 2. The summed E-state index contributed by atoms with van der Waals surface area (Å²) < 4.78 is 33.7. The zero-order chi connectivity index (χ0) is 18.7. The molecule has 8 nitrogen and oxygen atoms in total. The molecule has 1 saturated heterocycles. The number of benzene rings is 1. The van der Waals surface area contributed by atoms with Crippen molar-refractivity contribution in [3.8, 4) is 5.75 Å². The predicted octanol–water partition coefficient (Wildman–Crippen LogP) is 0.710. The van der Waals surface area contributed by atoms with E-state index in [0.29, 0.717) is 26.1 Å². The van der Waals surface area contributed by atoms with E-state index in [9.17, 15) is 23.1 Å². The molecule has 0 bridgehead atoms. The van der Waals surface area contributed by atoms with Gasteiger partial charge in [-0.15, -0.1) is 0 Å². The summed E-state index contributed by atoms with van der Waals surface area (Å²) in [5.74, 6) is -1.37. The van der Waals surface area contributed by atoms with E-state index < -0.39 is 27.1 Å². The van der Waals surface area contributed by atoms with Crippen molar-refractivity contribution in [1.82, 2.24) is 5.32 Å². The first kappa shape index (κ1) is 19.2. The van der Waals surface area contributed by atoms with Crippen LogP contribution in [0.3, 0.4) is 0 Å². The van der Waals surface area contributed by atoms with Gasteiger partial charge in [-0.2, -0.15) is 0 Å². The summed E-state index contributed by atoms with van der Waals surface area (Å²) in [5.41, 5.74) is -1.05. The first-order chi connectivity index (χ1) is 11.7. The van der Waals surface area contributed by atoms with E-state index >= 15 is 0 Å². The third-order valence-corrected chi connectivity index (χ3v) is 5.44. The van der Waals surface area contributed by atoms with Crippen LogP contribution < -0.4 is 10.1 Å². The van der Waals surface area contributed by atoms with Gasteiger partial charge in [0.05, 0.1) is 23.0 Å². The van der Waals surface area contributed by atoms with Crippen LogP contribution in [-0.4, -0.2) is 58.5 Å². The van der Waals surface area contributed by atoms with Crippen molar-refractivity contribution < 1.29 is 32.6 Å². The van der Waals surface area contributed by atoms with E-state index in [1.807, 2.05) is 0 Å². The van der Waals surface area contributed by atoms with Gasteiger partial charge in [0.25, 0.3) is 5.91 Å². The average molecular weight is 371 g/mol. The largest absolute Gasteiger partial charge is 0.496 e. The number of carbonyl (C=O) groups excluding carboxylic acids is 1. The normalized spacial score (nSPS) is 16.9. The SMILES string of the molecule is COc1ccc(S(C)(=O)=O)cc1C(=O)NCC1(C(=O)O)CCOCC1. The van der Waals surface area contributed by atoms with E-state index in [1.54, 1.807) is 0 Å². The molecule has 1 amide bonds. The van der Waals surface area contributed by atoms with Crippen molar-refractivity contribution in [2.45, 2.75) is 17.7 Å². The maximum absolute atomic E-state index is 12.5. The molecule has 1 aliphatic rings. The smallest absolute Gasteiger partial charge is 0.311 e. The number of amides is 1. The number of aliphatic carboxylic acids is 1. The van der Waals surface area contributed by atoms with Crippen molar-refractivity contribution in [3.63, 3.8) is 0 Å². The molecule has 1 aliphatic heterocycles. The van der Waals surface area contributed by atoms with Gasteiger partial charge in [0.15, 0.2) is 9.84 Å². The van der Waals surface area contributed by atoms with Crippen LogP contribution in [0.4, 0.5) is 0 Å². The standard InChI is InChI=1S/C16H21NO7S/c1-23-13-4-3-11(25(2,21)22)9-12(13)14(18)17-10-16(15(19)20)5-7-24-8-6-16/h3-4,9H,5-8,10H2,1-2H3,(H,17,18)(H,19,20). The molecule has 0 saturated carbocycles. The van der Waals surface area contributed by atoms with Gasteiger partial charge in [-0.05, 0) is 31.0 Å². The Balaban J connectivity index is 2.23. The molecule has 1 fully saturated rings. The van der Waals surface area contributed by atoms with Gasteiger partial charge in [-0.3, -0.25) is 9.59 Å². The number of carboxylic acid groups (broad SMARTS) is 1. The predicted molar refractivity (Wildman–Crippen MR) is 88.6 cm³/mol. The molecule has 0 atom stereocenters. The zero-order valence-electron chi connectivity index (χ0n) is 14.1. The molecular formula is C16H21NO7S. The Morgan fingerprint density at radius 2 is 1.96 bits per heavy atom. The summed E-state index contributed by atoms with van der Waals surface area (Å²) in [7, 11) is -2.13. The highest BCUT2D eigenvalue weighted by molar-refractivity contribution is 7.90. The van der Waals surface area contributed by atoms with Crippen LogP contribution in [0.5, 0.6) is 5.75 Å². The second kappa shape index (κ2) is 7.40. The van der Waals surface area contributed by atoms with Crippen LogP contribution in [0.15, 0.2) is 23.1 Å². The minimum absolute atomic E-state index is 0.0162. The number of sulfone groups is 1. The van der Waals surface area contributed by atoms with Crippen LogP contribution in [0.1, 0.15) is 23.2 Å². The van der Waals surface area contributed by atoms with Crippen molar-refractivity contribution in [1.29, 1.82) is 0 Å². The second-order valence-electron chi connectivity index (χ2n) is 6.01. The molecule has 138 valence electrons. The summed E-state index contributed by atoms with van der Waals surface area (Å²) in [5, 5.41) is 12.1. The van der Waals surface area contributed by atoms with Gasteiger partial charge in [0.2, 0.25) is 0 Å². The fraction of sp³-hybridized carbons (Fsp3) is 0.500. The van der Waals surface area contributed by atoms with E-state index in [1.165, 1.54) is 25.3 Å². The topological polar surface area (TPSA) is 119 Å². The highest BCUT2D eigenvalue weighted by Crippen LogP contribution is 2.30. The Kier molecular flexibility index (Phi) is 5.69. The number of nitrogens with one attached hydrogen (secondary N) is 1. The molecule has 1 aromatic rings. The number of hydrogen-bond donors (Lipinski definition) is 2. The fourth-order valence-corrected chi connectivity index (χ4v) is 3.32. The Morgan fingerprint density at radius 1 is 1.32 bits per heavy atom. The Morgan fingerprint density at radius 3 is 2.48 bits per heavy atom. The molecule has 2 rings (SSSR count). The fourth-order valence-electron chi connectivity index (χ4n) is 2.67. The van der Waals surface area contributed by atoms with Crippen LogP contribution >= 0.6 is 0 Å². The Hall–Kier alpha value is -2.13. The van der Waals surface area contributed by atoms with Crippen LogP contribution in [0, 0.1) is 5.41 Å². The van der Waals surface area contributed by atoms with Crippen LogP contribution in [0.2, 0.25) is 0 Å². The molecule has 2 N–H and O–H groups in total. The van der Waals surface area contributed by atoms with E-state index in [0.717, 1.165) is 6.26 Å². The second-order valence-corrected chi connectivity index (χ2v) is 8.03. The lowest BCUT2D eigenvalue weighted by atomic mass is 9.80. The lowest BCUT2D eigenvalue weighted by Gasteiger charge is -2.33. The third-order valence-electron chi connectivity index (χ3n) is 4.33. The van der Waals surface area contributed by atoms with E-state index in [2.05, 4.69) is 5.32 Å². The molecule has 0 radical (unpaired) electrons. The molecule has 1 heterocycles. The summed E-state index contributed by atoms with van der Waals surface area (Å²) in [6.07, 6.45) is 1.63. The molecule has 0 spiro atoms. The quantitative estimate of drug-likeness (QED) is 0.756. The molecule has 9 heteroatoms. The monoisotopic (exact) mass is 371 g/mol. The summed E-state index contributed by atoms with van der Waals surface area (Å²) >= 11 is 0. The Bertz CT molecular complexity index is 767. The van der Waals surface area contributed by atoms with Crippen molar-refractivity contribution in [2.24, 2.45) is 5.41 Å². The summed E-state index contributed by atoms with van der Waals surface area (Å²) in [6.45, 7) is 0.556. The Labute approximate surface area is 146 Å². The maximum atomic E-state index is 12.5. The number of rotatable bonds is 6. The van der Waals surface area contributed by atoms with Gasteiger partial charge in [-0.25, -0.2) is 8.42 Å². The number of hydrogen-bond acceptors (Lipinski definition) is 6.